The van der Waals surface area contributed by atoms with Gasteiger partial charge in [0.2, 0.25) is 0 Å². The first-order chi connectivity index (χ1) is 15.7. The summed E-state index contributed by atoms with van der Waals surface area (Å²) in [5.74, 6) is -3.83. The van der Waals surface area contributed by atoms with Crippen LogP contribution in [0.5, 0.6) is 0 Å². The number of para-hydroxylation sites is 2. The van der Waals surface area contributed by atoms with Crippen molar-refractivity contribution in [2.75, 3.05) is 11.6 Å². The Morgan fingerprint density at radius 1 is 1.03 bits per heavy atom. The normalized spacial score (nSPS) is 14.0. The molecule has 10 heteroatoms. The summed E-state index contributed by atoms with van der Waals surface area (Å²) in [7, 11) is 0. The van der Waals surface area contributed by atoms with E-state index in [1.54, 1.807) is 38.1 Å². The summed E-state index contributed by atoms with van der Waals surface area (Å²) in [6.45, 7) is 1.84. The van der Waals surface area contributed by atoms with E-state index < -0.39 is 54.9 Å². The Morgan fingerprint density at radius 3 is 2.06 bits per heavy atom. The number of alkyl halides is 1. The number of amides is 2. The van der Waals surface area contributed by atoms with E-state index in [2.05, 4.69) is 5.32 Å². The van der Waals surface area contributed by atoms with E-state index >= 15 is 0 Å². The molecule has 2 unspecified atom stereocenters. The highest BCUT2D eigenvalue weighted by atomic mass is 32.2. The minimum Gasteiger partial charge on any atom is -0.481 e. The highest BCUT2D eigenvalue weighted by Crippen LogP contribution is 2.48. The Bertz CT molecular complexity index is 1030. The highest BCUT2D eigenvalue weighted by molar-refractivity contribution is 7.99. The largest absolute Gasteiger partial charge is 0.481 e. The van der Waals surface area contributed by atoms with Gasteiger partial charge in [-0.3, -0.25) is 14.4 Å². The number of ketones is 1. The predicted molar refractivity (Wildman–Crippen MR) is 119 cm³/mol. The third kappa shape index (κ3) is 5.51. The summed E-state index contributed by atoms with van der Waals surface area (Å²) in [5, 5.41) is 11.2. The minimum absolute atomic E-state index is 0.510. The highest BCUT2D eigenvalue weighted by Gasteiger charge is 2.35. The zero-order valence-electron chi connectivity index (χ0n) is 18.0. The van der Waals surface area contributed by atoms with Crippen LogP contribution in [0, 0.1) is 5.92 Å². The van der Waals surface area contributed by atoms with Crippen LogP contribution in [0.4, 0.5) is 20.6 Å². The summed E-state index contributed by atoms with van der Waals surface area (Å²) in [6, 6.07) is 12.9. The van der Waals surface area contributed by atoms with Gasteiger partial charge < -0.3 is 15.2 Å². The number of benzene rings is 2. The Morgan fingerprint density at radius 2 is 1.58 bits per heavy atom. The topological polar surface area (TPSA) is 113 Å². The second kappa shape index (κ2) is 10.5. The summed E-state index contributed by atoms with van der Waals surface area (Å²) in [5.41, 5.74) is 1.18. The number of hydrogen-bond acceptors (Lipinski definition) is 6. The zero-order chi connectivity index (χ0) is 24.1. The smallest absolute Gasteiger partial charge is 0.419 e. The standard InChI is InChI=1S/C23H23FN2O6S/c1-13(2)21(22(30)25-14(11-20(28)29)17(27)12-24)32-23(31)26-15-7-3-5-9-18(15)33-19-10-6-4-8-16(19)26/h3-10,13-14,21H,11-12H2,1-2H3,(H,25,30)(H,28,29). The SMILES string of the molecule is CC(C)C(OC(=O)N1c2ccccc2Sc2ccccc21)C(=O)NC(CC(=O)O)C(=O)CF. The molecule has 33 heavy (non-hydrogen) atoms. The number of rotatable bonds is 8. The van der Waals surface area contributed by atoms with Crippen molar-refractivity contribution in [3.05, 3.63) is 48.5 Å². The number of aliphatic carboxylic acids is 1. The molecule has 2 N–H and O–H groups in total. The van der Waals surface area contributed by atoms with E-state index in [0.29, 0.717) is 11.4 Å². The van der Waals surface area contributed by atoms with Gasteiger partial charge in [0.05, 0.1) is 17.8 Å². The van der Waals surface area contributed by atoms with E-state index in [9.17, 15) is 23.6 Å². The zero-order valence-corrected chi connectivity index (χ0v) is 18.8. The fourth-order valence-electron chi connectivity index (χ4n) is 3.32. The number of carbonyl (C=O) groups is 4. The number of ether oxygens (including phenoxy) is 1. The molecule has 0 spiro atoms. The van der Waals surface area contributed by atoms with Crippen molar-refractivity contribution in [3.63, 3.8) is 0 Å². The van der Waals surface area contributed by atoms with Gasteiger partial charge in [-0.25, -0.2) is 14.1 Å². The van der Waals surface area contributed by atoms with Gasteiger partial charge in [-0.05, 0) is 30.2 Å². The fourth-order valence-corrected chi connectivity index (χ4v) is 4.38. The number of hydrogen-bond donors (Lipinski definition) is 2. The third-order valence-corrected chi connectivity index (χ3v) is 6.05. The van der Waals surface area contributed by atoms with Gasteiger partial charge in [0.15, 0.2) is 11.9 Å². The molecule has 2 atom stereocenters. The molecule has 0 bridgehead atoms. The van der Waals surface area contributed by atoms with Crippen molar-refractivity contribution in [3.8, 4) is 0 Å². The van der Waals surface area contributed by atoms with Gasteiger partial charge in [0.25, 0.3) is 5.91 Å². The van der Waals surface area contributed by atoms with Gasteiger partial charge in [-0.1, -0.05) is 49.9 Å². The second-order valence-electron chi connectivity index (χ2n) is 7.68. The van der Waals surface area contributed by atoms with Crippen molar-refractivity contribution in [2.45, 2.75) is 42.2 Å². The lowest BCUT2D eigenvalue weighted by Gasteiger charge is -2.32. The molecule has 8 nitrogen and oxygen atoms in total. The number of carbonyl (C=O) groups excluding carboxylic acids is 3. The molecule has 0 fully saturated rings. The molecule has 0 saturated heterocycles. The van der Waals surface area contributed by atoms with Gasteiger partial charge in [0.1, 0.15) is 12.7 Å². The lowest BCUT2D eigenvalue weighted by Crippen LogP contribution is -2.50. The molecule has 1 heterocycles. The van der Waals surface area contributed by atoms with Gasteiger partial charge in [-0.2, -0.15) is 0 Å². The molecular weight excluding hydrogens is 451 g/mol. The minimum atomic E-state index is -1.56. The number of carboxylic acids is 1. The molecular formula is C23H23FN2O6S. The summed E-state index contributed by atoms with van der Waals surface area (Å²) in [4.78, 5) is 51.9. The third-order valence-electron chi connectivity index (χ3n) is 4.92. The maximum atomic E-state index is 13.3. The molecule has 0 aromatic heterocycles. The number of carboxylic acid groups (broad SMARTS) is 1. The lowest BCUT2D eigenvalue weighted by molar-refractivity contribution is -0.141. The molecule has 0 radical (unpaired) electrons. The molecule has 0 aliphatic carbocycles. The van der Waals surface area contributed by atoms with Crippen LogP contribution in [0.1, 0.15) is 20.3 Å². The van der Waals surface area contributed by atoms with E-state index in [4.69, 9.17) is 9.84 Å². The number of nitrogens with one attached hydrogen (secondary N) is 1. The summed E-state index contributed by atoms with van der Waals surface area (Å²) in [6.07, 6.45) is -2.93. The van der Waals surface area contributed by atoms with E-state index in [-0.39, 0.29) is 0 Å². The molecule has 2 amide bonds. The molecule has 174 valence electrons. The number of halogens is 1. The van der Waals surface area contributed by atoms with Crippen LogP contribution < -0.4 is 10.2 Å². The molecule has 0 saturated carbocycles. The summed E-state index contributed by atoms with van der Waals surface area (Å²) < 4.78 is 18.4. The van der Waals surface area contributed by atoms with Crippen LogP contribution in [-0.4, -0.2) is 47.7 Å². The van der Waals surface area contributed by atoms with Crippen LogP contribution in [0.2, 0.25) is 0 Å². The van der Waals surface area contributed by atoms with Crippen LogP contribution in [0.3, 0.4) is 0 Å². The molecule has 1 aliphatic heterocycles. The van der Waals surface area contributed by atoms with Gasteiger partial charge >= 0.3 is 12.1 Å². The Labute approximate surface area is 194 Å². The number of fused-ring (bicyclic) bond motifs is 2. The van der Waals surface area contributed by atoms with Gasteiger partial charge in [-0.15, -0.1) is 0 Å². The predicted octanol–water partition coefficient (Wildman–Crippen LogP) is 3.95. The van der Waals surface area contributed by atoms with Crippen molar-refractivity contribution >= 4 is 46.9 Å². The average molecular weight is 475 g/mol. The van der Waals surface area contributed by atoms with Crippen LogP contribution in [0.25, 0.3) is 0 Å². The molecule has 3 rings (SSSR count). The van der Waals surface area contributed by atoms with Crippen molar-refractivity contribution in [1.82, 2.24) is 5.32 Å². The van der Waals surface area contributed by atoms with Crippen molar-refractivity contribution in [2.24, 2.45) is 5.92 Å². The summed E-state index contributed by atoms with van der Waals surface area (Å²) >= 11 is 1.50. The number of anilines is 2. The number of nitrogens with zero attached hydrogens (tertiary/aromatic N) is 1. The fraction of sp³-hybridized carbons (Fsp3) is 0.304. The Hall–Kier alpha value is -3.40. The molecule has 2 aromatic carbocycles. The monoisotopic (exact) mass is 474 g/mol. The maximum Gasteiger partial charge on any atom is 0.419 e. The quantitative estimate of drug-likeness (QED) is 0.596. The first-order valence-electron chi connectivity index (χ1n) is 10.2. The first-order valence-corrected chi connectivity index (χ1v) is 11.0. The molecule has 1 aliphatic rings. The van der Waals surface area contributed by atoms with Gasteiger partial charge in [0, 0.05) is 9.79 Å². The van der Waals surface area contributed by atoms with E-state index in [1.165, 1.54) is 16.7 Å². The van der Waals surface area contributed by atoms with E-state index in [0.717, 1.165) is 9.79 Å². The van der Waals surface area contributed by atoms with E-state index in [1.807, 2.05) is 24.3 Å². The van der Waals surface area contributed by atoms with Crippen LogP contribution in [0.15, 0.2) is 58.3 Å². The van der Waals surface area contributed by atoms with Crippen LogP contribution in [-0.2, 0) is 19.1 Å². The average Bonchev–Trinajstić information content (AvgIpc) is 2.79. The van der Waals surface area contributed by atoms with Crippen molar-refractivity contribution in [1.29, 1.82) is 0 Å². The maximum absolute atomic E-state index is 13.3. The van der Waals surface area contributed by atoms with Crippen LogP contribution >= 0.6 is 11.8 Å². The molecule has 2 aromatic rings. The Kier molecular flexibility index (Phi) is 7.70. The van der Waals surface area contributed by atoms with Crippen molar-refractivity contribution < 1.29 is 33.4 Å². The second-order valence-corrected chi connectivity index (χ2v) is 8.76. The lowest BCUT2D eigenvalue weighted by atomic mass is 10.0. The number of Topliss-reactive ketones (excluding diaryl/α,β-unsaturated/α-hetero) is 1. The Balaban J connectivity index is 1.86. The first kappa shape index (κ1) is 24.2.